The summed E-state index contributed by atoms with van der Waals surface area (Å²) in [6.07, 6.45) is 1.98. The van der Waals surface area contributed by atoms with Crippen LogP contribution in [0.1, 0.15) is 41.8 Å². The summed E-state index contributed by atoms with van der Waals surface area (Å²) in [5.74, 6) is 0. The Hall–Kier alpha value is -1.87. The van der Waals surface area contributed by atoms with E-state index in [1.807, 2.05) is 13.1 Å². The molecule has 0 spiro atoms. The van der Waals surface area contributed by atoms with Crippen molar-refractivity contribution < 1.29 is 0 Å². The molecule has 118 valence electrons. The van der Waals surface area contributed by atoms with E-state index in [0.29, 0.717) is 12.6 Å². The predicted molar refractivity (Wildman–Crippen MR) is 93.0 cm³/mol. The maximum absolute atomic E-state index is 12.2. The maximum Gasteiger partial charge on any atom is 0.186 e. The van der Waals surface area contributed by atoms with E-state index in [1.54, 1.807) is 6.07 Å². The molecular formula is C19H26N2O. The summed E-state index contributed by atoms with van der Waals surface area (Å²) in [6, 6.07) is 6.46. The highest BCUT2D eigenvalue weighted by molar-refractivity contribution is 5.50. The van der Waals surface area contributed by atoms with Crippen LogP contribution in [0.25, 0.3) is 5.69 Å². The largest absolute Gasteiger partial charge is 0.320 e. The van der Waals surface area contributed by atoms with Gasteiger partial charge in [0.15, 0.2) is 5.43 Å². The first-order valence-corrected chi connectivity index (χ1v) is 7.83. The van der Waals surface area contributed by atoms with Gasteiger partial charge in [0.2, 0.25) is 0 Å². The molecule has 1 heterocycles. The highest BCUT2D eigenvalue weighted by atomic mass is 16.1. The molecule has 0 amide bonds. The molecule has 2 rings (SSSR count). The van der Waals surface area contributed by atoms with Crippen LogP contribution in [-0.4, -0.2) is 10.6 Å². The molecule has 1 N–H and O–H groups in total. The molecule has 22 heavy (non-hydrogen) atoms. The van der Waals surface area contributed by atoms with Gasteiger partial charge in [-0.25, -0.2) is 0 Å². The molecule has 0 aliphatic heterocycles. The fraction of sp³-hybridized carbons (Fsp3) is 0.421. The second-order valence-electron chi connectivity index (χ2n) is 6.46. The van der Waals surface area contributed by atoms with Crippen LogP contribution in [0, 0.1) is 27.7 Å². The third-order valence-corrected chi connectivity index (χ3v) is 3.90. The van der Waals surface area contributed by atoms with Crippen LogP contribution in [0.4, 0.5) is 0 Å². The minimum Gasteiger partial charge on any atom is -0.320 e. The minimum atomic E-state index is 0.101. The third kappa shape index (κ3) is 3.47. The molecule has 0 saturated heterocycles. The number of aromatic nitrogens is 1. The van der Waals surface area contributed by atoms with Gasteiger partial charge in [-0.05, 0) is 38.8 Å². The summed E-state index contributed by atoms with van der Waals surface area (Å²) in [7, 11) is 0. The second-order valence-corrected chi connectivity index (χ2v) is 6.46. The molecule has 0 atom stereocenters. The van der Waals surface area contributed by atoms with Crippen LogP contribution >= 0.6 is 0 Å². The lowest BCUT2D eigenvalue weighted by Gasteiger charge is -2.19. The standard InChI is InChI=1S/C19H26N2O/c1-12(2)20-10-17-11-21(16(6)9-18(17)22)19-14(4)7-13(3)8-15(19)5/h7-9,11-12,20H,10H2,1-6H3. The third-order valence-electron chi connectivity index (χ3n) is 3.90. The number of nitrogens with zero attached hydrogens (tertiary/aromatic N) is 1. The van der Waals surface area contributed by atoms with Crippen molar-refractivity contribution >= 4 is 0 Å². The number of pyridine rings is 1. The normalized spacial score (nSPS) is 11.2. The van der Waals surface area contributed by atoms with Crippen molar-refractivity contribution in [1.82, 2.24) is 9.88 Å². The summed E-state index contributed by atoms with van der Waals surface area (Å²) in [4.78, 5) is 12.2. The van der Waals surface area contributed by atoms with Crippen LogP contribution in [0.2, 0.25) is 0 Å². The summed E-state index contributed by atoms with van der Waals surface area (Å²) in [5.41, 5.74) is 6.77. The Labute approximate surface area is 133 Å². The maximum atomic E-state index is 12.2. The summed E-state index contributed by atoms with van der Waals surface area (Å²) < 4.78 is 2.14. The lowest BCUT2D eigenvalue weighted by atomic mass is 10.0. The fourth-order valence-corrected chi connectivity index (χ4v) is 2.91. The molecule has 0 saturated carbocycles. The van der Waals surface area contributed by atoms with E-state index < -0.39 is 0 Å². The Balaban J connectivity index is 2.56. The van der Waals surface area contributed by atoms with Crippen LogP contribution in [0.15, 0.2) is 29.2 Å². The molecule has 3 nitrogen and oxygen atoms in total. The van der Waals surface area contributed by atoms with Crippen molar-refractivity contribution in [1.29, 1.82) is 0 Å². The van der Waals surface area contributed by atoms with Crippen molar-refractivity contribution in [3.63, 3.8) is 0 Å². The number of nitrogens with one attached hydrogen (secondary N) is 1. The zero-order valence-corrected chi connectivity index (χ0v) is 14.4. The van der Waals surface area contributed by atoms with Gasteiger partial charge < -0.3 is 9.88 Å². The van der Waals surface area contributed by atoms with E-state index in [4.69, 9.17) is 0 Å². The van der Waals surface area contributed by atoms with E-state index in [2.05, 4.69) is 56.6 Å². The van der Waals surface area contributed by atoms with Crippen LogP contribution in [0.5, 0.6) is 0 Å². The highest BCUT2D eigenvalue weighted by Gasteiger charge is 2.10. The Morgan fingerprint density at radius 2 is 1.64 bits per heavy atom. The van der Waals surface area contributed by atoms with Crippen molar-refractivity contribution in [2.24, 2.45) is 0 Å². The van der Waals surface area contributed by atoms with Gasteiger partial charge in [0.1, 0.15) is 0 Å². The predicted octanol–water partition coefficient (Wildman–Crippen LogP) is 3.57. The van der Waals surface area contributed by atoms with E-state index in [-0.39, 0.29) is 5.43 Å². The van der Waals surface area contributed by atoms with Crippen LogP contribution in [0.3, 0.4) is 0 Å². The van der Waals surface area contributed by atoms with Crippen LogP contribution in [-0.2, 0) is 6.54 Å². The van der Waals surface area contributed by atoms with Gasteiger partial charge in [0.25, 0.3) is 0 Å². The van der Waals surface area contributed by atoms with Crippen molar-refractivity contribution in [3.05, 3.63) is 62.6 Å². The van der Waals surface area contributed by atoms with E-state index in [0.717, 1.165) is 11.3 Å². The minimum absolute atomic E-state index is 0.101. The van der Waals surface area contributed by atoms with Gasteiger partial charge in [0.05, 0.1) is 5.69 Å². The molecule has 2 aromatic rings. The van der Waals surface area contributed by atoms with Crippen molar-refractivity contribution in [3.8, 4) is 5.69 Å². The monoisotopic (exact) mass is 298 g/mol. The lowest BCUT2D eigenvalue weighted by molar-refractivity contribution is 0.585. The van der Waals surface area contributed by atoms with E-state index in [1.165, 1.54) is 22.4 Å². The van der Waals surface area contributed by atoms with Gasteiger partial charge in [-0.2, -0.15) is 0 Å². The van der Waals surface area contributed by atoms with Crippen molar-refractivity contribution in [2.75, 3.05) is 0 Å². The Kier molecular flexibility index (Phi) is 4.87. The average molecular weight is 298 g/mol. The van der Waals surface area contributed by atoms with Crippen molar-refractivity contribution in [2.45, 2.75) is 54.1 Å². The first-order chi connectivity index (χ1) is 10.3. The molecule has 0 unspecified atom stereocenters. The average Bonchev–Trinajstić information content (AvgIpc) is 2.38. The molecule has 0 bridgehead atoms. The van der Waals surface area contributed by atoms with Gasteiger partial charge >= 0.3 is 0 Å². The molecule has 1 aromatic carbocycles. The van der Waals surface area contributed by atoms with Gasteiger partial charge in [0, 0.05) is 36.1 Å². The topological polar surface area (TPSA) is 34.0 Å². The summed E-state index contributed by atoms with van der Waals surface area (Å²) in [5, 5.41) is 3.33. The molecule has 1 aromatic heterocycles. The fourth-order valence-electron chi connectivity index (χ4n) is 2.91. The van der Waals surface area contributed by atoms with E-state index >= 15 is 0 Å². The summed E-state index contributed by atoms with van der Waals surface area (Å²) in [6.45, 7) is 13.1. The Morgan fingerprint density at radius 3 is 2.18 bits per heavy atom. The van der Waals surface area contributed by atoms with E-state index in [9.17, 15) is 4.79 Å². The Morgan fingerprint density at radius 1 is 1.05 bits per heavy atom. The zero-order chi connectivity index (χ0) is 16.4. The van der Waals surface area contributed by atoms with Gasteiger partial charge in [-0.15, -0.1) is 0 Å². The molecule has 0 aliphatic carbocycles. The molecule has 0 radical (unpaired) electrons. The molecular weight excluding hydrogens is 272 g/mol. The number of rotatable bonds is 4. The van der Waals surface area contributed by atoms with Gasteiger partial charge in [-0.3, -0.25) is 4.79 Å². The number of hydrogen-bond donors (Lipinski definition) is 1. The first kappa shape index (κ1) is 16.5. The lowest BCUT2D eigenvalue weighted by Crippen LogP contribution is -2.26. The van der Waals surface area contributed by atoms with Crippen LogP contribution < -0.4 is 10.7 Å². The smallest absolute Gasteiger partial charge is 0.186 e. The van der Waals surface area contributed by atoms with Gasteiger partial charge in [-0.1, -0.05) is 31.5 Å². The number of benzene rings is 1. The highest BCUT2D eigenvalue weighted by Crippen LogP contribution is 2.22. The second kappa shape index (κ2) is 6.49. The first-order valence-electron chi connectivity index (χ1n) is 7.83. The zero-order valence-electron chi connectivity index (χ0n) is 14.4. The quantitative estimate of drug-likeness (QED) is 0.936. The Bertz CT molecular complexity index is 719. The molecule has 0 fully saturated rings. The number of aryl methyl sites for hydroxylation is 4. The number of hydrogen-bond acceptors (Lipinski definition) is 2. The molecule has 0 aliphatic rings. The SMILES string of the molecule is Cc1cc(C)c(-n2cc(CNC(C)C)c(=O)cc2C)c(C)c1. The summed E-state index contributed by atoms with van der Waals surface area (Å²) >= 11 is 0. The molecule has 3 heteroatoms.